The topological polar surface area (TPSA) is 49.4 Å². The molecule has 0 atom stereocenters. The number of benzene rings is 1. The minimum atomic E-state index is -0.965. The van der Waals surface area contributed by atoms with Crippen LogP contribution in [0.4, 0.5) is 4.39 Å². The van der Waals surface area contributed by atoms with Crippen molar-refractivity contribution >= 4 is 23.4 Å². The molecule has 1 heterocycles. The van der Waals surface area contributed by atoms with E-state index in [4.69, 9.17) is 11.6 Å². The van der Waals surface area contributed by atoms with Crippen molar-refractivity contribution in [3.63, 3.8) is 0 Å². The molecule has 0 radical (unpaired) electrons. The third kappa shape index (κ3) is 2.93. The predicted octanol–water partition coefficient (Wildman–Crippen LogP) is 2.11. The average molecular weight is 299 g/mol. The van der Waals surface area contributed by atoms with Gasteiger partial charge in [-0.3, -0.25) is 9.59 Å². The molecule has 0 unspecified atom stereocenters. The van der Waals surface area contributed by atoms with Gasteiger partial charge in [0.25, 0.3) is 0 Å². The smallest absolute Gasteiger partial charge is 0.248 e. The number of nitrogens with zero attached hydrogens (tertiary/aromatic N) is 1. The Morgan fingerprint density at radius 1 is 1.40 bits per heavy atom. The van der Waals surface area contributed by atoms with Crippen molar-refractivity contribution in [3.8, 4) is 0 Å². The van der Waals surface area contributed by atoms with Crippen LogP contribution in [0.5, 0.6) is 0 Å². The van der Waals surface area contributed by atoms with E-state index in [2.05, 4.69) is 5.32 Å². The number of carbonyl (C=O) groups excluding carboxylic acids is 2. The van der Waals surface area contributed by atoms with Crippen LogP contribution in [-0.4, -0.2) is 28.8 Å². The molecule has 0 bridgehead atoms. The highest BCUT2D eigenvalue weighted by Gasteiger charge is 2.36. The molecule has 0 saturated carbocycles. The fraction of sp³-hybridized carbons (Fsp3) is 0.429. The second kappa shape index (κ2) is 5.40. The van der Waals surface area contributed by atoms with Crippen LogP contribution in [0.2, 0.25) is 5.02 Å². The van der Waals surface area contributed by atoms with Gasteiger partial charge in [-0.25, -0.2) is 4.39 Å². The largest absolute Gasteiger partial charge is 0.342 e. The Morgan fingerprint density at radius 3 is 2.80 bits per heavy atom. The van der Waals surface area contributed by atoms with Gasteiger partial charge in [0, 0.05) is 19.5 Å². The van der Waals surface area contributed by atoms with Gasteiger partial charge in [0.15, 0.2) is 0 Å². The predicted molar refractivity (Wildman–Crippen MR) is 73.7 cm³/mol. The molecule has 1 aliphatic rings. The SMILES string of the molecule is CC1(C)NC(=O)CCN(Cc2cccc(F)c2Cl)C1=O. The summed E-state index contributed by atoms with van der Waals surface area (Å²) in [5, 5.41) is 2.69. The molecule has 1 aromatic rings. The van der Waals surface area contributed by atoms with E-state index >= 15 is 0 Å². The van der Waals surface area contributed by atoms with Crippen LogP contribution < -0.4 is 5.32 Å². The summed E-state index contributed by atoms with van der Waals surface area (Å²) in [7, 11) is 0. The molecule has 0 aliphatic carbocycles. The van der Waals surface area contributed by atoms with Crippen LogP contribution in [-0.2, 0) is 16.1 Å². The van der Waals surface area contributed by atoms with E-state index in [1.165, 1.54) is 11.0 Å². The lowest BCUT2D eigenvalue weighted by molar-refractivity contribution is -0.137. The average Bonchev–Trinajstić information content (AvgIpc) is 2.46. The summed E-state index contributed by atoms with van der Waals surface area (Å²) < 4.78 is 13.4. The van der Waals surface area contributed by atoms with Crippen molar-refractivity contribution in [2.45, 2.75) is 32.4 Å². The summed E-state index contributed by atoms with van der Waals surface area (Å²) >= 11 is 5.91. The molecule has 1 aliphatic heterocycles. The Hall–Kier alpha value is -1.62. The molecule has 4 nitrogen and oxygen atoms in total. The van der Waals surface area contributed by atoms with Crippen molar-refractivity contribution in [1.82, 2.24) is 10.2 Å². The molecule has 20 heavy (non-hydrogen) atoms. The van der Waals surface area contributed by atoms with Gasteiger partial charge in [0.2, 0.25) is 11.8 Å². The Bertz CT molecular complexity index is 560. The molecule has 1 saturated heterocycles. The summed E-state index contributed by atoms with van der Waals surface area (Å²) in [6, 6.07) is 4.49. The second-order valence-corrected chi connectivity index (χ2v) is 5.74. The maximum atomic E-state index is 13.4. The standard InChI is InChI=1S/C14H16ClFN2O2/c1-14(2)13(20)18(7-6-11(19)17-14)8-9-4-3-5-10(16)12(9)15/h3-5H,6-8H2,1-2H3,(H,17,19). The van der Waals surface area contributed by atoms with E-state index in [0.717, 1.165) is 0 Å². The van der Waals surface area contributed by atoms with Crippen molar-refractivity contribution in [2.24, 2.45) is 0 Å². The maximum Gasteiger partial charge on any atom is 0.248 e. The quantitative estimate of drug-likeness (QED) is 0.909. The lowest BCUT2D eigenvalue weighted by atomic mass is 10.0. The van der Waals surface area contributed by atoms with Crippen LogP contribution in [0, 0.1) is 5.82 Å². The number of rotatable bonds is 2. The first kappa shape index (κ1) is 14.8. The molecule has 1 fully saturated rings. The monoisotopic (exact) mass is 298 g/mol. The summed E-state index contributed by atoms with van der Waals surface area (Å²) in [5.41, 5.74) is -0.432. The van der Waals surface area contributed by atoms with E-state index < -0.39 is 11.4 Å². The highest BCUT2D eigenvalue weighted by atomic mass is 35.5. The first-order valence-corrected chi connectivity index (χ1v) is 6.72. The molecular weight excluding hydrogens is 283 g/mol. The third-order valence-electron chi connectivity index (χ3n) is 3.28. The van der Waals surface area contributed by atoms with Gasteiger partial charge in [0.05, 0.1) is 5.02 Å². The summed E-state index contributed by atoms with van der Waals surface area (Å²) in [4.78, 5) is 25.5. The van der Waals surface area contributed by atoms with Crippen LogP contribution in [0.15, 0.2) is 18.2 Å². The Balaban J connectivity index is 2.25. The molecule has 1 aromatic carbocycles. The summed E-state index contributed by atoms with van der Waals surface area (Å²) in [6.45, 7) is 3.78. The Morgan fingerprint density at radius 2 is 2.10 bits per heavy atom. The molecule has 2 amide bonds. The zero-order chi connectivity index (χ0) is 14.9. The lowest BCUT2D eigenvalue weighted by Gasteiger charge is -2.29. The van der Waals surface area contributed by atoms with Gasteiger partial charge in [-0.2, -0.15) is 0 Å². The number of hydrogen-bond donors (Lipinski definition) is 1. The van der Waals surface area contributed by atoms with Crippen molar-refractivity contribution in [2.75, 3.05) is 6.54 Å². The molecule has 0 aromatic heterocycles. The van der Waals surface area contributed by atoms with E-state index in [1.54, 1.807) is 26.0 Å². The van der Waals surface area contributed by atoms with Gasteiger partial charge >= 0.3 is 0 Å². The van der Waals surface area contributed by atoms with Crippen molar-refractivity contribution in [3.05, 3.63) is 34.6 Å². The van der Waals surface area contributed by atoms with Crippen LogP contribution in [0.3, 0.4) is 0 Å². The highest BCUT2D eigenvalue weighted by molar-refractivity contribution is 6.31. The molecular formula is C14H16ClFN2O2. The number of carbonyl (C=O) groups is 2. The number of amides is 2. The summed E-state index contributed by atoms with van der Waals surface area (Å²) in [5.74, 6) is -0.889. The van der Waals surface area contributed by atoms with Gasteiger partial charge in [0.1, 0.15) is 11.4 Å². The van der Waals surface area contributed by atoms with Crippen LogP contribution >= 0.6 is 11.6 Å². The number of hydrogen-bond acceptors (Lipinski definition) is 2. The lowest BCUT2D eigenvalue weighted by Crippen LogP contribution is -2.52. The van der Waals surface area contributed by atoms with Crippen molar-refractivity contribution in [1.29, 1.82) is 0 Å². The minimum absolute atomic E-state index is 0.0154. The molecule has 108 valence electrons. The fourth-order valence-corrected chi connectivity index (χ4v) is 2.41. The van der Waals surface area contributed by atoms with Crippen LogP contribution in [0.25, 0.3) is 0 Å². The van der Waals surface area contributed by atoms with Gasteiger partial charge < -0.3 is 10.2 Å². The molecule has 0 spiro atoms. The zero-order valence-electron chi connectivity index (χ0n) is 11.4. The van der Waals surface area contributed by atoms with E-state index in [0.29, 0.717) is 12.1 Å². The number of halogens is 2. The maximum absolute atomic E-state index is 13.4. The Labute approximate surface area is 121 Å². The highest BCUT2D eigenvalue weighted by Crippen LogP contribution is 2.23. The van der Waals surface area contributed by atoms with Crippen LogP contribution in [0.1, 0.15) is 25.8 Å². The van der Waals surface area contributed by atoms with E-state index in [-0.39, 0.29) is 29.8 Å². The van der Waals surface area contributed by atoms with E-state index in [1.807, 2.05) is 0 Å². The molecule has 6 heteroatoms. The first-order valence-electron chi connectivity index (χ1n) is 6.34. The molecule has 1 N–H and O–H groups in total. The number of nitrogens with one attached hydrogen (secondary N) is 1. The second-order valence-electron chi connectivity index (χ2n) is 5.36. The summed E-state index contributed by atoms with van der Waals surface area (Å²) in [6.07, 6.45) is 0.224. The minimum Gasteiger partial charge on any atom is -0.342 e. The molecule has 2 rings (SSSR count). The van der Waals surface area contributed by atoms with Gasteiger partial charge in [-0.1, -0.05) is 23.7 Å². The zero-order valence-corrected chi connectivity index (χ0v) is 12.1. The third-order valence-corrected chi connectivity index (χ3v) is 3.70. The van der Waals surface area contributed by atoms with Crippen molar-refractivity contribution < 1.29 is 14.0 Å². The fourth-order valence-electron chi connectivity index (χ4n) is 2.22. The Kier molecular flexibility index (Phi) is 3.99. The van der Waals surface area contributed by atoms with Gasteiger partial charge in [-0.15, -0.1) is 0 Å². The normalized spacial score (nSPS) is 18.7. The van der Waals surface area contributed by atoms with E-state index in [9.17, 15) is 14.0 Å². The first-order chi connectivity index (χ1) is 9.31. The van der Waals surface area contributed by atoms with Gasteiger partial charge in [-0.05, 0) is 25.5 Å².